The minimum absolute atomic E-state index is 0.817. The van der Waals surface area contributed by atoms with Gasteiger partial charge in [-0.05, 0) is 23.8 Å². The van der Waals surface area contributed by atoms with Gasteiger partial charge in [0.2, 0.25) is 0 Å². The molecule has 90 valence electrons. The predicted octanol–water partition coefficient (Wildman–Crippen LogP) is 4.03. The fourth-order valence-corrected chi connectivity index (χ4v) is 2.08. The van der Waals surface area contributed by atoms with Crippen molar-refractivity contribution in [3.63, 3.8) is 0 Å². The molecule has 0 unspecified atom stereocenters. The standard InChI is InChI=1S/C16H14O2/c1-17-14-8-7-13-10-15(18-16(13)11-14)9-12-5-3-2-4-6-12/h2-8,10-11H,9H2,1H3. The number of methoxy groups -OCH3 is 1. The van der Waals surface area contributed by atoms with E-state index in [0.29, 0.717) is 0 Å². The molecule has 3 aromatic rings. The average Bonchev–Trinajstić information content (AvgIpc) is 2.80. The molecule has 18 heavy (non-hydrogen) atoms. The maximum atomic E-state index is 5.83. The Morgan fingerprint density at radius 1 is 1.00 bits per heavy atom. The average molecular weight is 238 g/mol. The van der Waals surface area contributed by atoms with Crippen LogP contribution >= 0.6 is 0 Å². The van der Waals surface area contributed by atoms with E-state index >= 15 is 0 Å². The Morgan fingerprint density at radius 3 is 2.61 bits per heavy atom. The molecule has 3 rings (SSSR count). The number of hydrogen-bond acceptors (Lipinski definition) is 2. The number of benzene rings is 2. The van der Waals surface area contributed by atoms with Crippen LogP contribution in [-0.2, 0) is 6.42 Å². The number of furan rings is 1. The minimum atomic E-state index is 0.817. The summed E-state index contributed by atoms with van der Waals surface area (Å²) in [5.41, 5.74) is 2.13. The molecule has 0 aliphatic heterocycles. The molecule has 0 saturated heterocycles. The Bertz CT molecular complexity index is 653. The van der Waals surface area contributed by atoms with Gasteiger partial charge in [0.15, 0.2) is 0 Å². The van der Waals surface area contributed by atoms with Crippen LogP contribution in [0.4, 0.5) is 0 Å². The summed E-state index contributed by atoms with van der Waals surface area (Å²) in [4.78, 5) is 0. The first-order valence-electron chi connectivity index (χ1n) is 5.95. The van der Waals surface area contributed by atoms with Gasteiger partial charge in [-0.2, -0.15) is 0 Å². The van der Waals surface area contributed by atoms with Gasteiger partial charge in [0.25, 0.3) is 0 Å². The van der Waals surface area contributed by atoms with Crippen molar-refractivity contribution >= 4 is 11.0 Å². The molecule has 0 aliphatic carbocycles. The fourth-order valence-electron chi connectivity index (χ4n) is 2.08. The quantitative estimate of drug-likeness (QED) is 0.687. The lowest BCUT2D eigenvalue weighted by atomic mass is 10.1. The molecule has 1 heterocycles. The zero-order valence-electron chi connectivity index (χ0n) is 10.2. The van der Waals surface area contributed by atoms with E-state index in [1.54, 1.807) is 7.11 Å². The monoisotopic (exact) mass is 238 g/mol. The van der Waals surface area contributed by atoms with Gasteiger partial charge in [0.1, 0.15) is 17.1 Å². The van der Waals surface area contributed by atoms with Crippen LogP contribution in [0.25, 0.3) is 11.0 Å². The highest BCUT2D eigenvalue weighted by atomic mass is 16.5. The number of hydrogen-bond donors (Lipinski definition) is 0. The highest BCUT2D eigenvalue weighted by Crippen LogP contribution is 2.25. The minimum Gasteiger partial charge on any atom is -0.497 e. The summed E-state index contributed by atoms with van der Waals surface area (Å²) in [6.07, 6.45) is 0.817. The second kappa shape index (κ2) is 4.57. The Kier molecular flexibility index (Phi) is 2.77. The normalized spacial score (nSPS) is 10.7. The van der Waals surface area contributed by atoms with E-state index in [9.17, 15) is 0 Å². The van der Waals surface area contributed by atoms with Crippen LogP contribution in [0.1, 0.15) is 11.3 Å². The van der Waals surface area contributed by atoms with Crippen molar-refractivity contribution in [1.29, 1.82) is 0 Å². The highest BCUT2D eigenvalue weighted by molar-refractivity contribution is 5.79. The van der Waals surface area contributed by atoms with Gasteiger partial charge in [0, 0.05) is 17.9 Å². The van der Waals surface area contributed by atoms with E-state index in [4.69, 9.17) is 9.15 Å². The first-order valence-corrected chi connectivity index (χ1v) is 5.95. The summed E-state index contributed by atoms with van der Waals surface area (Å²) in [6.45, 7) is 0. The van der Waals surface area contributed by atoms with Crippen LogP contribution in [-0.4, -0.2) is 7.11 Å². The van der Waals surface area contributed by atoms with Crippen LogP contribution in [0, 0.1) is 0 Å². The summed E-state index contributed by atoms with van der Waals surface area (Å²) >= 11 is 0. The molecular weight excluding hydrogens is 224 g/mol. The molecule has 2 nitrogen and oxygen atoms in total. The Morgan fingerprint density at radius 2 is 1.83 bits per heavy atom. The lowest BCUT2D eigenvalue weighted by Crippen LogP contribution is -1.83. The third-order valence-electron chi connectivity index (χ3n) is 3.00. The SMILES string of the molecule is COc1ccc2cc(Cc3ccccc3)oc2c1. The second-order valence-electron chi connectivity index (χ2n) is 4.28. The lowest BCUT2D eigenvalue weighted by molar-refractivity contribution is 0.414. The van der Waals surface area contributed by atoms with Gasteiger partial charge < -0.3 is 9.15 Å². The topological polar surface area (TPSA) is 22.4 Å². The first kappa shape index (κ1) is 10.9. The Hall–Kier alpha value is -2.22. The van der Waals surface area contributed by atoms with E-state index in [1.165, 1.54) is 5.56 Å². The van der Waals surface area contributed by atoms with Gasteiger partial charge in [-0.1, -0.05) is 30.3 Å². The van der Waals surface area contributed by atoms with Crippen LogP contribution < -0.4 is 4.74 Å². The van der Waals surface area contributed by atoms with Gasteiger partial charge in [-0.25, -0.2) is 0 Å². The number of ether oxygens (including phenoxy) is 1. The van der Waals surface area contributed by atoms with Crippen molar-refractivity contribution < 1.29 is 9.15 Å². The predicted molar refractivity (Wildman–Crippen MR) is 72.0 cm³/mol. The van der Waals surface area contributed by atoms with Gasteiger partial charge in [-0.3, -0.25) is 0 Å². The molecule has 0 bridgehead atoms. The van der Waals surface area contributed by atoms with E-state index in [0.717, 1.165) is 28.9 Å². The van der Waals surface area contributed by atoms with Crippen LogP contribution in [0.2, 0.25) is 0 Å². The van der Waals surface area contributed by atoms with Crippen LogP contribution in [0.3, 0.4) is 0 Å². The number of fused-ring (bicyclic) bond motifs is 1. The molecule has 1 aromatic heterocycles. The Balaban J connectivity index is 1.94. The van der Waals surface area contributed by atoms with Crippen molar-refractivity contribution in [3.05, 3.63) is 65.9 Å². The van der Waals surface area contributed by atoms with E-state index in [1.807, 2.05) is 36.4 Å². The van der Waals surface area contributed by atoms with Gasteiger partial charge >= 0.3 is 0 Å². The molecular formula is C16H14O2. The zero-order chi connectivity index (χ0) is 12.4. The van der Waals surface area contributed by atoms with Crippen LogP contribution in [0.5, 0.6) is 5.75 Å². The van der Waals surface area contributed by atoms with Crippen molar-refractivity contribution in [3.8, 4) is 5.75 Å². The molecule has 0 amide bonds. The molecule has 2 heteroatoms. The van der Waals surface area contributed by atoms with Crippen LogP contribution in [0.15, 0.2) is 59.0 Å². The largest absolute Gasteiger partial charge is 0.497 e. The third-order valence-corrected chi connectivity index (χ3v) is 3.00. The summed E-state index contributed by atoms with van der Waals surface area (Å²) in [5.74, 6) is 1.80. The second-order valence-corrected chi connectivity index (χ2v) is 4.28. The van der Waals surface area contributed by atoms with E-state index < -0.39 is 0 Å². The maximum absolute atomic E-state index is 5.83. The molecule has 0 radical (unpaired) electrons. The highest BCUT2D eigenvalue weighted by Gasteiger charge is 2.05. The summed E-state index contributed by atoms with van der Waals surface area (Å²) in [5, 5.41) is 1.11. The fraction of sp³-hybridized carbons (Fsp3) is 0.125. The smallest absolute Gasteiger partial charge is 0.137 e. The van der Waals surface area contributed by atoms with Gasteiger partial charge in [-0.15, -0.1) is 0 Å². The lowest BCUT2D eigenvalue weighted by Gasteiger charge is -1.97. The molecule has 0 N–H and O–H groups in total. The molecule has 2 aromatic carbocycles. The molecule has 0 spiro atoms. The molecule has 0 aliphatic rings. The molecule has 0 fully saturated rings. The third kappa shape index (κ3) is 2.09. The molecule has 0 saturated carbocycles. The van der Waals surface area contributed by atoms with E-state index in [2.05, 4.69) is 18.2 Å². The number of rotatable bonds is 3. The maximum Gasteiger partial charge on any atom is 0.137 e. The molecule has 0 atom stereocenters. The Labute approximate surface area is 106 Å². The summed E-state index contributed by atoms with van der Waals surface area (Å²) < 4.78 is 11.0. The van der Waals surface area contributed by atoms with Crippen molar-refractivity contribution in [1.82, 2.24) is 0 Å². The van der Waals surface area contributed by atoms with Crippen molar-refractivity contribution in [2.45, 2.75) is 6.42 Å². The summed E-state index contributed by atoms with van der Waals surface area (Å²) in [7, 11) is 1.66. The summed E-state index contributed by atoms with van der Waals surface area (Å²) in [6, 6.07) is 18.3. The first-order chi connectivity index (χ1) is 8.85. The van der Waals surface area contributed by atoms with Crippen molar-refractivity contribution in [2.24, 2.45) is 0 Å². The van der Waals surface area contributed by atoms with Gasteiger partial charge in [0.05, 0.1) is 7.11 Å². The zero-order valence-corrected chi connectivity index (χ0v) is 10.2. The van der Waals surface area contributed by atoms with E-state index in [-0.39, 0.29) is 0 Å². The van der Waals surface area contributed by atoms with Crippen molar-refractivity contribution in [2.75, 3.05) is 7.11 Å².